The van der Waals surface area contributed by atoms with Gasteiger partial charge in [0, 0.05) is 16.9 Å². The van der Waals surface area contributed by atoms with E-state index in [9.17, 15) is 9.59 Å². The van der Waals surface area contributed by atoms with E-state index in [2.05, 4.69) is 26.2 Å². The SMILES string of the molecule is O=C(O)c1ccc(Cl)c(NC(=O)c2cncc(Br)c2)c1. The van der Waals surface area contributed by atoms with Gasteiger partial charge in [-0.3, -0.25) is 9.78 Å². The number of nitrogens with one attached hydrogen (secondary N) is 1. The number of carboxylic acid groups (broad SMARTS) is 1. The largest absolute Gasteiger partial charge is 0.478 e. The maximum absolute atomic E-state index is 12.0. The molecule has 0 aliphatic heterocycles. The van der Waals surface area contributed by atoms with Crippen molar-refractivity contribution in [3.8, 4) is 0 Å². The molecule has 0 radical (unpaired) electrons. The summed E-state index contributed by atoms with van der Waals surface area (Å²) in [4.78, 5) is 26.8. The van der Waals surface area contributed by atoms with Gasteiger partial charge in [0.15, 0.2) is 0 Å². The molecule has 0 spiro atoms. The number of nitrogens with zero attached hydrogens (tertiary/aromatic N) is 1. The maximum Gasteiger partial charge on any atom is 0.335 e. The predicted octanol–water partition coefficient (Wildman–Crippen LogP) is 3.45. The van der Waals surface area contributed by atoms with Gasteiger partial charge in [0.05, 0.1) is 21.8 Å². The van der Waals surface area contributed by atoms with Crippen molar-refractivity contribution in [3.05, 3.63) is 57.3 Å². The molecule has 0 bridgehead atoms. The summed E-state index contributed by atoms with van der Waals surface area (Å²) >= 11 is 9.15. The van der Waals surface area contributed by atoms with Gasteiger partial charge in [0.1, 0.15) is 0 Å². The van der Waals surface area contributed by atoms with Crippen molar-refractivity contribution in [3.63, 3.8) is 0 Å². The normalized spacial score (nSPS) is 10.1. The zero-order valence-corrected chi connectivity index (χ0v) is 12.3. The standard InChI is InChI=1S/C13H8BrClN2O3/c14-9-3-8(5-16-6-9)12(18)17-11-4-7(13(19)20)1-2-10(11)15/h1-6H,(H,17,18)(H,19,20). The van der Waals surface area contributed by atoms with E-state index >= 15 is 0 Å². The molecule has 0 aliphatic carbocycles. The number of carboxylic acids is 1. The fourth-order valence-electron chi connectivity index (χ4n) is 1.48. The lowest BCUT2D eigenvalue weighted by molar-refractivity contribution is 0.0696. The molecule has 0 aliphatic rings. The summed E-state index contributed by atoms with van der Waals surface area (Å²) in [6.45, 7) is 0. The fraction of sp³-hybridized carbons (Fsp3) is 0. The Bertz CT molecular complexity index is 691. The van der Waals surface area contributed by atoms with E-state index in [4.69, 9.17) is 16.7 Å². The highest BCUT2D eigenvalue weighted by molar-refractivity contribution is 9.10. The second-order valence-electron chi connectivity index (χ2n) is 3.85. The molecule has 5 nitrogen and oxygen atoms in total. The summed E-state index contributed by atoms with van der Waals surface area (Å²) in [6.07, 6.45) is 2.95. The van der Waals surface area contributed by atoms with Gasteiger partial charge in [-0.2, -0.15) is 0 Å². The van der Waals surface area contributed by atoms with E-state index in [1.165, 1.54) is 24.4 Å². The Morgan fingerprint density at radius 1 is 1.20 bits per heavy atom. The first-order chi connectivity index (χ1) is 9.47. The number of halogens is 2. The van der Waals surface area contributed by atoms with E-state index < -0.39 is 11.9 Å². The minimum Gasteiger partial charge on any atom is -0.478 e. The highest BCUT2D eigenvalue weighted by atomic mass is 79.9. The van der Waals surface area contributed by atoms with Gasteiger partial charge < -0.3 is 10.4 Å². The summed E-state index contributed by atoms with van der Waals surface area (Å²) in [5, 5.41) is 11.7. The Hall–Kier alpha value is -1.92. The average Bonchev–Trinajstić information content (AvgIpc) is 2.41. The van der Waals surface area contributed by atoms with E-state index in [0.29, 0.717) is 10.0 Å². The first-order valence-electron chi connectivity index (χ1n) is 5.42. The van der Waals surface area contributed by atoms with E-state index in [1.807, 2.05) is 0 Å². The molecule has 2 rings (SSSR count). The highest BCUT2D eigenvalue weighted by Crippen LogP contribution is 2.24. The van der Waals surface area contributed by atoms with Gasteiger partial charge in [-0.05, 0) is 40.2 Å². The molecule has 0 atom stereocenters. The third-order valence-corrected chi connectivity index (χ3v) is 3.19. The van der Waals surface area contributed by atoms with Crippen molar-refractivity contribution in [1.29, 1.82) is 0 Å². The first kappa shape index (κ1) is 14.5. The van der Waals surface area contributed by atoms with Crippen molar-refractivity contribution < 1.29 is 14.7 Å². The zero-order valence-electron chi connectivity index (χ0n) is 9.93. The van der Waals surface area contributed by atoms with Crippen LogP contribution in [0.15, 0.2) is 41.1 Å². The van der Waals surface area contributed by atoms with Gasteiger partial charge in [0.25, 0.3) is 5.91 Å². The van der Waals surface area contributed by atoms with Crippen LogP contribution in [0.3, 0.4) is 0 Å². The average molecular weight is 356 g/mol. The number of aromatic carboxylic acids is 1. The molecule has 0 saturated carbocycles. The van der Waals surface area contributed by atoms with Gasteiger partial charge in [-0.1, -0.05) is 11.6 Å². The molecule has 1 aromatic heterocycles. The van der Waals surface area contributed by atoms with Crippen LogP contribution in [0.2, 0.25) is 5.02 Å². The molecule has 2 aromatic rings. The van der Waals surface area contributed by atoms with E-state index in [0.717, 1.165) is 0 Å². The molecule has 0 fully saturated rings. The second kappa shape index (κ2) is 6.02. The van der Waals surface area contributed by atoms with Crippen LogP contribution < -0.4 is 5.32 Å². The third-order valence-electron chi connectivity index (χ3n) is 2.43. The topological polar surface area (TPSA) is 79.3 Å². The minimum atomic E-state index is -1.10. The lowest BCUT2D eigenvalue weighted by Crippen LogP contribution is -2.13. The van der Waals surface area contributed by atoms with Crippen molar-refractivity contribution in [2.45, 2.75) is 0 Å². The number of benzene rings is 1. The number of aromatic nitrogens is 1. The Morgan fingerprint density at radius 2 is 1.95 bits per heavy atom. The Labute approximate surface area is 127 Å². The van der Waals surface area contributed by atoms with Crippen LogP contribution >= 0.6 is 27.5 Å². The number of rotatable bonds is 3. The van der Waals surface area contributed by atoms with Crippen LogP contribution in [0.25, 0.3) is 0 Å². The van der Waals surface area contributed by atoms with Crippen LogP contribution in [0.4, 0.5) is 5.69 Å². The summed E-state index contributed by atoms with van der Waals surface area (Å²) in [5.41, 5.74) is 0.602. The molecule has 1 heterocycles. The van der Waals surface area contributed by atoms with Gasteiger partial charge in [0.2, 0.25) is 0 Å². The summed E-state index contributed by atoms with van der Waals surface area (Å²) < 4.78 is 0.663. The molecular formula is C13H8BrClN2O3. The van der Waals surface area contributed by atoms with Crippen molar-refractivity contribution >= 4 is 45.1 Å². The van der Waals surface area contributed by atoms with E-state index in [1.54, 1.807) is 12.3 Å². The molecule has 0 saturated heterocycles. The molecule has 2 N–H and O–H groups in total. The quantitative estimate of drug-likeness (QED) is 0.884. The molecule has 102 valence electrons. The second-order valence-corrected chi connectivity index (χ2v) is 5.17. The lowest BCUT2D eigenvalue weighted by Gasteiger charge is -2.08. The number of hydrogen-bond acceptors (Lipinski definition) is 3. The molecule has 1 amide bonds. The molecule has 1 aromatic carbocycles. The van der Waals surface area contributed by atoms with Crippen molar-refractivity contribution in [1.82, 2.24) is 4.98 Å². The van der Waals surface area contributed by atoms with Crippen molar-refractivity contribution in [2.75, 3.05) is 5.32 Å². The van der Waals surface area contributed by atoms with Gasteiger partial charge >= 0.3 is 5.97 Å². The smallest absolute Gasteiger partial charge is 0.335 e. The zero-order chi connectivity index (χ0) is 14.7. The number of carbonyl (C=O) groups excluding carboxylic acids is 1. The predicted molar refractivity (Wildman–Crippen MR) is 78.3 cm³/mol. The summed E-state index contributed by atoms with van der Waals surface area (Å²) in [7, 11) is 0. The monoisotopic (exact) mass is 354 g/mol. The van der Waals surface area contributed by atoms with Gasteiger partial charge in [-0.15, -0.1) is 0 Å². The number of amides is 1. The summed E-state index contributed by atoms with van der Waals surface area (Å²) in [5.74, 6) is -1.52. The number of anilines is 1. The molecule has 0 unspecified atom stereocenters. The van der Waals surface area contributed by atoms with Crippen LogP contribution in [0.5, 0.6) is 0 Å². The third kappa shape index (κ3) is 3.34. The number of hydrogen-bond donors (Lipinski definition) is 2. The Morgan fingerprint density at radius 3 is 2.60 bits per heavy atom. The molecule has 20 heavy (non-hydrogen) atoms. The van der Waals surface area contributed by atoms with Gasteiger partial charge in [-0.25, -0.2) is 4.79 Å². The van der Waals surface area contributed by atoms with Crippen molar-refractivity contribution in [2.24, 2.45) is 0 Å². The minimum absolute atomic E-state index is 0.0390. The van der Waals surface area contributed by atoms with Crippen LogP contribution in [-0.2, 0) is 0 Å². The first-order valence-corrected chi connectivity index (χ1v) is 6.59. The Balaban J connectivity index is 2.27. The summed E-state index contributed by atoms with van der Waals surface area (Å²) in [6, 6.07) is 5.67. The Kier molecular flexibility index (Phi) is 4.36. The van der Waals surface area contributed by atoms with Crippen LogP contribution in [0, 0.1) is 0 Å². The van der Waals surface area contributed by atoms with E-state index in [-0.39, 0.29) is 16.3 Å². The number of pyridine rings is 1. The number of carbonyl (C=O) groups is 2. The fourth-order valence-corrected chi connectivity index (χ4v) is 2.01. The van der Waals surface area contributed by atoms with Crippen LogP contribution in [-0.4, -0.2) is 22.0 Å². The molecule has 7 heteroatoms. The maximum atomic E-state index is 12.0. The molecular weight excluding hydrogens is 348 g/mol. The van der Waals surface area contributed by atoms with Crippen LogP contribution in [0.1, 0.15) is 20.7 Å². The highest BCUT2D eigenvalue weighted by Gasteiger charge is 2.12. The lowest BCUT2D eigenvalue weighted by atomic mass is 10.2.